The molecule has 0 aromatic carbocycles. The third-order valence-corrected chi connectivity index (χ3v) is 6.23. The Hall–Kier alpha value is -1.04. The monoisotopic (exact) mass is 333 g/mol. The van der Waals surface area contributed by atoms with Crippen molar-refractivity contribution in [2.75, 3.05) is 0 Å². The molecule has 2 aliphatic carbocycles. The summed E-state index contributed by atoms with van der Waals surface area (Å²) in [4.78, 5) is 13.0. The van der Waals surface area contributed by atoms with Gasteiger partial charge in [-0.25, -0.2) is 0 Å². The minimum atomic E-state index is -0.176. The van der Waals surface area contributed by atoms with E-state index in [1.165, 1.54) is 32.1 Å². The van der Waals surface area contributed by atoms with Crippen LogP contribution in [-0.2, 0) is 9.53 Å². The molecule has 0 aromatic heterocycles. The van der Waals surface area contributed by atoms with Gasteiger partial charge in [-0.3, -0.25) is 4.79 Å². The Morgan fingerprint density at radius 2 is 1.83 bits per heavy atom. The van der Waals surface area contributed by atoms with Crippen molar-refractivity contribution < 1.29 is 9.53 Å². The summed E-state index contributed by atoms with van der Waals surface area (Å²) in [5.74, 6) is 0.770. The summed E-state index contributed by atoms with van der Waals surface area (Å²) >= 11 is 0. The molecule has 0 radical (unpaired) electrons. The Bertz CT molecular complexity index is 412. The van der Waals surface area contributed by atoms with Gasteiger partial charge in [0.25, 0.3) is 0 Å². The van der Waals surface area contributed by atoms with Crippen LogP contribution in [0.25, 0.3) is 0 Å². The average Bonchev–Trinajstić information content (AvgIpc) is 2.62. The summed E-state index contributed by atoms with van der Waals surface area (Å²) in [6, 6.07) is 2.25. The van der Waals surface area contributed by atoms with Gasteiger partial charge in [-0.2, -0.15) is 5.26 Å². The first-order valence-corrected chi connectivity index (χ1v) is 10.3. The highest BCUT2D eigenvalue weighted by Crippen LogP contribution is 2.43. The number of esters is 1. The van der Waals surface area contributed by atoms with Gasteiger partial charge in [-0.05, 0) is 57.3 Å². The molecule has 2 saturated carbocycles. The zero-order chi connectivity index (χ0) is 17.3. The van der Waals surface area contributed by atoms with Crippen LogP contribution in [0.15, 0.2) is 0 Å². The van der Waals surface area contributed by atoms with Gasteiger partial charge < -0.3 is 4.74 Å². The highest BCUT2D eigenvalue weighted by molar-refractivity contribution is 5.77. The smallest absolute Gasteiger partial charge is 0.312 e. The second-order valence-electron chi connectivity index (χ2n) is 8.04. The molecule has 0 spiro atoms. The normalized spacial score (nSPS) is 26.5. The van der Waals surface area contributed by atoms with E-state index in [2.05, 4.69) is 13.0 Å². The van der Waals surface area contributed by atoms with Crippen molar-refractivity contribution in [2.45, 2.75) is 109 Å². The van der Waals surface area contributed by atoms with E-state index in [0.717, 1.165) is 57.8 Å². The number of hydrogen-bond acceptors (Lipinski definition) is 3. The predicted octanol–water partition coefficient (Wildman–Crippen LogP) is 5.92. The fourth-order valence-electron chi connectivity index (χ4n) is 4.58. The molecule has 2 aliphatic rings. The lowest BCUT2D eigenvalue weighted by molar-refractivity contribution is -0.166. The standard InChI is InChI=1S/C21H35NO2/c1-2-3-5-14-21(15-6-4-7-16-21)20(23)24-19-12-10-18(11-13-19)9-8-17-22/h18-19H,2-16H2,1H3/t18-,19-. The van der Waals surface area contributed by atoms with Crippen LogP contribution in [0.3, 0.4) is 0 Å². The van der Waals surface area contributed by atoms with Crippen LogP contribution in [0.5, 0.6) is 0 Å². The second kappa shape index (κ2) is 10.1. The molecule has 0 N–H and O–H groups in total. The number of nitrogens with zero attached hydrogens (tertiary/aromatic N) is 1. The van der Waals surface area contributed by atoms with Gasteiger partial charge in [0.05, 0.1) is 11.5 Å². The molecule has 136 valence electrons. The fraction of sp³-hybridized carbons (Fsp3) is 0.905. The SMILES string of the molecule is CCCCCC1(C(=O)O[C@H]2CC[C@H](CCC#N)CC2)CCCCC1. The molecule has 24 heavy (non-hydrogen) atoms. The van der Waals surface area contributed by atoms with Crippen molar-refractivity contribution in [3.05, 3.63) is 0 Å². The molecule has 0 aliphatic heterocycles. The van der Waals surface area contributed by atoms with Gasteiger partial charge in [0, 0.05) is 6.42 Å². The Morgan fingerprint density at radius 1 is 1.12 bits per heavy atom. The number of nitriles is 1. The summed E-state index contributed by atoms with van der Waals surface area (Å²) in [5.41, 5.74) is -0.176. The van der Waals surface area contributed by atoms with Crippen molar-refractivity contribution in [3.63, 3.8) is 0 Å². The van der Waals surface area contributed by atoms with Crippen molar-refractivity contribution in [3.8, 4) is 6.07 Å². The highest BCUT2D eigenvalue weighted by Gasteiger charge is 2.41. The fourth-order valence-corrected chi connectivity index (χ4v) is 4.58. The van der Waals surface area contributed by atoms with Gasteiger partial charge in [0.2, 0.25) is 0 Å². The van der Waals surface area contributed by atoms with Crippen LogP contribution in [0, 0.1) is 22.7 Å². The first kappa shape index (κ1) is 19.3. The van der Waals surface area contributed by atoms with Gasteiger partial charge in [0.1, 0.15) is 6.10 Å². The summed E-state index contributed by atoms with van der Waals surface area (Å²) in [6.45, 7) is 2.22. The lowest BCUT2D eigenvalue weighted by Crippen LogP contribution is -2.38. The lowest BCUT2D eigenvalue weighted by atomic mass is 9.70. The number of ether oxygens (including phenoxy) is 1. The second-order valence-corrected chi connectivity index (χ2v) is 8.04. The van der Waals surface area contributed by atoms with Gasteiger partial charge in [-0.15, -0.1) is 0 Å². The molecule has 2 rings (SSSR count). The summed E-state index contributed by atoms with van der Waals surface area (Å²) in [7, 11) is 0. The van der Waals surface area contributed by atoms with Gasteiger partial charge >= 0.3 is 5.97 Å². The molecule has 0 unspecified atom stereocenters. The third-order valence-electron chi connectivity index (χ3n) is 6.23. The van der Waals surface area contributed by atoms with E-state index in [0.29, 0.717) is 12.3 Å². The summed E-state index contributed by atoms with van der Waals surface area (Å²) < 4.78 is 6.01. The molecular formula is C21H35NO2. The number of rotatable bonds is 8. The highest BCUT2D eigenvalue weighted by atomic mass is 16.5. The number of unbranched alkanes of at least 4 members (excludes halogenated alkanes) is 2. The average molecular weight is 334 g/mol. The van der Waals surface area contributed by atoms with Crippen molar-refractivity contribution >= 4 is 5.97 Å². The maximum atomic E-state index is 13.0. The summed E-state index contributed by atoms with van der Waals surface area (Å²) in [5, 5.41) is 8.71. The molecule has 0 heterocycles. The summed E-state index contributed by atoms with van der Waals surface area (Å²) in [6.07, 6.45) is 16.3. The molecule has 0 atom stereocenters. The van der Waals surface area contributed by atoms with E-state index in [1.54, 1.807) is 0 Å². The minimum Gasteiger partial charge on any atom is -0.462 e. The Balaban J connectivity index is 1.83. The maximum absolute atomic E-state index is 13.0. The van der Waals surface area contributed by atoms with Crippen LogP contribution in [0.4, 0.5) is 0 Å². The van der Waals surface area contributed by atoms with E-state index in [1.807, 2.05) is 0 Å². The number of carbonyl (C=O) groups is 1. The predicted molar refractivity (Wildman–Crippen MR) is 96.3 cm³/mol. The van der Waals surface area contributed by atoms with Crippen molar-refractivity contribution in [2.24, 2.45) is 11.3 Å². The van der Waals surface area contributed by atoms with E-state index in [4.69, 9.17) is 10.00 Å². The Kier molecular flexibility index (Phi) is 8.09. The first-order chi connectivity index (χ1) is 11.7. The molecule has 0 amide bonds. The maximum Gasteiger partial charge on any atom is 0.312 e. The minimum absolute atomic E-state index is 0.110. The van der Waals surface area contributed by atoms with Crippen molar-refractivity contribution in [1.82, 2.24) is 0 Å². The number of carbonyl (C=O) groups excluding carboxylic acids is 1. The number of hydrogen-bond donors (Lipinski definition) is 0. The zero-order valence-electron chi connectivity index (χ0n) is 15.5. The molecule has 3 heteroatoms. The zero-order valence-corrected chi connectivity index (χ0v) is 15.5. The molecule has 2 fully saturated rings. The Labute approximate surface area is 148 Å². The van der Waals surface area contributed by atoms with E-state index in [-0.39, 0.29) is 17.5 Å². The molecule has 0 bridgehead atoms. The van der Waals surface area contributed by atoms with Crippen molar-refractivity contribution in [1.29, 1.82) is 5.26 Å². The molecule has 0 saturated heterocycles. The molecular weight excluding hydrogens is 298 g/mol. The van der Waals surface area contributed by atoms with Gasteiger partial charge in [-0.1, -0.05) is 45.4 Å². The van der Waals surface area contributed by atoms with Crippen LogP contribution in [-0.4, -0.2) is 12.1 Å². The third kappa shape index (κ3) is 5.50. The van der Waals surface area contributed by atoms with Crippen LogP contribution in [0.1, 0.15) is 103 Å². The van der Waals surface area contributed by atoms with E-state index in [9.17, 15) is 4.79 Å². The molecule has 3 nitrogen and oxygen atoms in total. The topological polar surface area (TPSA) is 50.1 Å². The van der Waals surface area contributed by atoms with E-state index >= 15 is 0 Å². The van der Waals surface area contributed by atoms with Crippen LogP contribution >= 0.6 is 0 Å². The first-order valence-electron chi connectivity index (χ1n) is 10.3. The largest absolute Gasteiger partial charge is 0.462 e. The van der Waals surface area contributed by atoms with Crippen LogP contribution in [0.2, 0.25) is 0 Å². The van der Waals surface area contributed by atoms with E-state index < -0.39 is 0 Å². The Morgan fingerprint density at radius 3 is 2.46 bits per heavy atom. The van der Waals surface area contributed by atoms with Crippen LogP contribution < -0.4 is 0 Å². The molecule has 0 aromatic rings. The quantitative estimate of drug-likeness (QED) is 0.409. The lowest BCUT2D eigenvalue weighted by Gasteiger charge is -2.37. The van der Waals surface area contributed by atoms with Gasteiger partial charge in [0.15, 0.2) is 0 Å².